The molecule has 1 aromatic heterocycles. The van der Waals surface area contributed by atoms with Crippen LogP contribution in [-0.2, 0) is 15.1 Å². The first kappa shape index (κ1) is 15.0. The van der Waals surface area contributed by atoms with Crippen molar-refractivity contribution in [1.82, 2.24) is 15.6 Å². The second-order valence-electron chi connectivity index (χ2n) is 5.78. The van der Waals surface area contributed by atoms with Crippen LogP contribution in [0.2, 0.25) is 0 Å². The zero-order chi connectivity index (χ0) is 15.8. The van der Waals surface area contributed by atoms with E-state index in [4.69, 9.17) is 10.3 Å². The van der Waals surface area contributed by atoms with Crippen molar-refractivity contribution in [3.05, 3.63) is 24.2 Å². The second kappa shape index (κ2) is 4.88. The van der Waals surface area contributed by atoms with Crippen LogP contribution in [0.5, 0.6) is 0 Å². The molecule has 1 saturated heterocycles. The number of nitrogens with two attached hydrogens (primary N) is 1. The molecule has 0 saturated carbocycles. The summed E-state index contributed by atoms with van der Waals surface area (Å²) in [6.45, 7) is 4.66. The SMILES string of the molecule is CC(C)(CN1C(=O)NC(C)(c2ccco2)C1=O)C(=O)NN. The van der Waals surface area contributed by atoms with Gasteiger partial charge in [-0.25, -0.2) is 10.6 Å². The minimum absolute atomic E-state index is 0.0863. The van der Waals surface area contributed by atoms with E-state index in [0.29, 0.717) is 5.76 Å². The molecule has 1 aliphatic heterocycles. The molecule has 114 valence electrons. The molecule has 1 atom stereocenters. The number of hydrogen-bond donors (Lipinski definition) is 3. The first-order valence-corrected chi connectivity index (χ1v) is 6.41. The van der Waals surface area contributed by atoms with Crippen molar-refractivity contribution in [2.75, 3.05) is 6.54 Å². The number of urea groups is 1. The number of imide groups is 1. The van der Waals surface area contributed by atoms with E-state index in [9.17, 15) is 14.4 Å². The Bertz CT molecular complexity index is 581. The van der Waals surface area contributed by atoms with Crippen LogP contribution < -0.4 is 16.6 Å². The van der Waals surface area contributed by atoms with Crippen molar-refractivity contribution in [3.63, 3.8) is 0 Å². The van der Waals surface area contributed by atoms with Crippen LogP contribution in [0.1, 0.15) is 26.5 Å². The fraction of sp³-hybridized carbons (Fsp3) is 0.462. The van der Waals surface area contributed by atoms with E-state index < -0.39 is 28.8 Å². The normalized spacial score (nSPS) is 22.4. The Hall–Kier alpha value is -2.35. The fourth-order valence-electron chi connectivity index (χ4n) is 2.23. The first-order valence-electron chi connectivity index (χ1n) is 6.41. The summed E-state index contributed by atoms with van der Waals surface area (Å²) in [5, 5.41) is 2.59. The average molecular weight is 294 g/mol. The predicted molar refractivity (Wildman–Crippen MR) is 72.4 cm³/mol. The van der Waals surface area contributed by atoms with Crippen LogP contribution in [-0.4, -0.2) is 29.3 Å². The Morgan fingerprint density at radius 1 is 1.52 bits per heavy atom. The third kappa shape index (κ3) is 2.38. The number of hydrogen-bond acceptors (Lipinski definition) is 5. The molecule has 4 N–H and O–H groups in total. The number of nitrogens with zero attached hydrogens (tertiary/aromatic N) is 1. The second-order valence-corrected chi connectivity index (χ2v) is 5.78. The standard InChI is InChI=1S/C13H18N4O4/c1-12(2,9(18)16-14)7-17-10(19)13(3,15-11(17)20)8-5-4-6-21-8/h4-6H,7,14H2,1-3H3,(H,15,20)(H,16,18). The molecular weight excluding hydrogens is 276 g/mol. The minimum atomic E-state index is -1.27. The van der Waals surface area contributed by atoms with E-state index >= 15 is 0 Å². The number of nitrogens with one attached hydrogen (secondary N) is 2. The highest BCUT2D eigenvalue weighted by Crippen LogP contribution is 2.31. The molecule has 0 radical (unpaired) electrons. The van der Waals surface area contributed by atoms with Gasteiger partial charge in [-0.3, -0.25) is 19.9 Å². The molecule has 1 aromatic rings. The highest BCUT2D eigenvalue weighted by molar-refractivity contribution is 6.07. The molecule has 0 spiro atoms. The highest BCUT2D eigenvalue weighted by atomic mass is 16.3. The average Bonchev–Trinajstić information content (AvgIpc) is 3.02. The summed E-state index contributed by atoms with van der Waals surface area (Å²) in [4.78, 5) is 37.3. The van der Waals surface area contributed by atoms with Crippen LogP contribution >= 0.6 is 0 Å². The van der Waals surface area contributed by atoms with Gasteiger partial charge in [0.2, 0.25) is 5.91 Å². The van der Waals surface area contributed by atoms with Gasteiger partial charge >= 0.3 is 6.03 Å². The van der Waals surface area contributed by atoms with E-state index in [2.05, 4.69) is 5.32 Å². The van der Waals surface area contributed by atoms with Crippen molar-refractivity contribution in [3.8, 4) is 0 Å². The van der Waals surface area contributed by atoms with Crippen molar-refractivity contribution in [2.45, 2.75) is 26.3 Å². The van der Waals surface area contributed by atoms with Crippen molar-refractivity contribution >= 4 is 17.8 Å². The van der Waals surface area contributed by atoms with E-state index in [1.807, 2.05) is 5.43 Å². The maximum Gasteiger partial charge on any atom is 0.325 e. The summed E-state index contributed by atoms with van der Waals surface area (Å²) in [5.41, 5.74) is -0.242. The predicted octanol–water partition coefficient (Wildman–Crippen LogP) is 0.0627. The van der Waals surface area contributed by atoms with E-state index in [0.717, 1.165) is 4.90 Å². The van der Waals surface area contributed by atoms with Crippen LogP contribution in [0.3, 0.4) is 0 Å². The molecule has 2 rings (SSSR count). The van der Waals surface area contributed by atoms with Gasteiger partial charge in [0.05, 0.1) is 11.7 Å². The van der Waals surface area contributed by atoms with E-state index in [1.54, 1.807) is 32.9 Å². The number of amides is 4. The molecule has 21 heavy (non-hydrogen) atoms. The van der Waals surface area contributed by atoms with Gasteiger partial charge in [0.1, 0.15) is 5.76 Å². The molecule has 8 heteroatoms. The fourth-order valence-corrected chi connectivity index (χ4v) is 2.23. The topological polar surface area (TPSA) is 118 Å². The molecule has 0 bridgehead atoms. The van der Waals surface area contributed by atoms with Gasteiger partial charge in [0.25, 0.3) is 5.91 Å². The van der Waals surface area contributed by atoms with Gasteiger partial charge < -0.3 is 9.73 Å². The van der Waals surface area contributed by atoms with Crippen molar-refractivity contribution in [2.24, 2.45) is 11.3 Å². The summed E-state index contributed by atoms with van der Waals surface area (Å²) in [5.74, 6) is 4.52. The number of rotatable bonds is 4. The molecule has 4 amide bonds. The highest BCUT2D eigenvalue weighted by Gasteiger charge is 2.52. The maximum atomic E-state index is 12.5. The summed E-state index contributed by atoms with van der Waals surface area (Å²) in [6.07, 6.45) is 1.43. The molecule has 2 heterocycles. The molecule has 1 aliphatic rings. The van der Waals surface area contributed by atoms with Crippen LogP contribution in [0.25, 0.3) is 0 Å². The number of carbonyl (C=O) groups is 3. The third-order valence-electron chi connectivity index (χ3n) is 3.59. The lowest BCUT2D eigenvalue weighted by molar-refractivity contribution is -0.135. The lowest BCUT2D eigenvalue weighted by Gasteiger charge is -2.27. The van der Waals surface area contributed by atoms with Crippen molar-refractivity contribution in [1.29, 1.82) is 0 Å². The van der Waals surface area contributed by atoms with Gasteiger partial charge in [-0.15, -0.1) is 0 Å². The van der Waals surface area contributed by atoms with Crippen LogP contribution in [0.15, 0.2) is 22.8 Å². The van der Waals surface area contributed by atoms with Gasteiger partial charge in [-0.05, 0) is 32.9 Å². The van der Waals surface area contributed by atoms with Crippen LogP contribution in [0.4, 0.5) is 4.79 Å². The zero-order valence-electron chi connectivity index (χ0n) is 12.1. The van der Waals surface area contributed by atoms with Gasteiger partial charge in [-0.2, -0.15) is 0 Å². The molecule has 0 aromatic carbocycles. The van der Waals surface area contributed by atoms with E-state index in [-0.39, 0.29) is 6.54 Å². The zero-order valence-corrected chi connectivity index (χ0v) is 12.1. The Morgan fingerprint density at radius 3 is 2.71 bits per heavy atom. The number of carbonyl (C=O) groups excluding carboxylic acids is 3. The number of furan rings is 1. The van der Waals surface area contributed by atoms with Gasteiger partial charge in [0.15, 0.2) is 5.54 Å². The molecule has 1 unspecified atom stereocenters. The molecule has 1 fully saturated rings. The summed E-state index contributed by atoms with van der Waals surface area (Å²) in [7, 11) is 0. The third-order valence-corrected chi connectivity index (χ3v) is 3.59. The van der Waals surface area contributed by atoms with Crippen molar-refractivity contribution < 1.29 is 18.8 Å². The molecule has 8 nitrogen and oxygen atoms in total. The smallest absolute Gasteiger partial charge is 0.325 e. The lowest BCUT2D eigenvalue weighted by atomic mass is 9.91. The monoisotopic (exact) mass is 294 g/mol. The Balaban J connectivity index is 2.26. The first-order chi connectivity index (χ1) is 9.72. The minimum Gasteiger partial charge on any atom is -0.466 e. The van der Waals surface area contributed by atoms with Gasteiger partial charge in [0, 0.05) is 6.54 Å². The maximum absolute atomic E-state index is 12.5. The Kier molecular flexibility index (Phi) is 3.50. The van der Waals surface area contributed by atoms with Crippen LogP contribution in [0, 0.1) is 5.41 Å². The summed E-state index contributed by atoms with van der Waals surface area (Å²) < 4.78 is 5.22. The molecule has 0 aliphatic carbocycles. The largest absolute Gasteiger partial charge is 0.466 e. The summed E-state index contributed by atoms with van der Waals surface area (Å²) in [6, 6.07) is 2.67. The summed E-state index contributed by atoms with van der Waals surface area (Å²) >= 11 is 0. The Morgan fingerprint density at radius 2 is 2.19 bits per heavy atom. The quantitative estimate of drug-likeness (QED) is 0.314. The number of hydrazine groups is 1. The van der Waals surface area contributed by atoms with E-state index in [1.165, 1.54) is 6.26 Å². The lowest BCUT2D eigenvalue weighted by Crippen LogP contribution is -2.49. The molecular formula is C13H18N4O4. The Labute approximate surface area is 121 Å². The van der Waals surface area contributed by atoms with Gasteiger partial charge in [-0.1, -0.05) is 0 Å².